The van der Waals surface area contributed by atoms with Gasteiger partial charge in [0.15, 0.2) is 17.1 Å². The number of halogens is 1. The van der Waals surface area contributed by atoms with Gasteiger partial charge in [-0.3, -0.25) is 9.36 Å². The number of hydrogen-bond acceptors (Lipinski definition) is 6. The minimum absolute atomic E-state index is 0.118. The fourth-order valence-corrected chi connectivity index (χ4v) is 3.99. The summed E-state index contributed by atoms with van der Waals surface area (Å²) in [6.07, 6.45) is 1.41. The highest BCUT2D eigenvalue weighted by molar-refractivity contribution is 9.10. The highest BCUT2D eigenvalue weighted by Crippen LogP contribution is 2.27. The predicted molar refractivity (Wildman–Crippen MR) is 130 cm³/mol. The van der Waals surface area contributed by atoms with Crippen molar-refractivity contribution >= 4 is 39.3 Å². The summed E-state index contributed by atoms with van der Waals surface area (Å²) in [5.74, 6) is 2.12. The molecule has 9 heteroatoms. The number of allylic oxidation sites excluding steroid dienone is 1. The van der Waals surface area contributed by atoms with Gasteiger partial charge in [0.2, 0.25) is 5.91 Å². The number of aromatic nitrogens is 3. The van der Waals surface area contributed by atoms with Crippen molar-refractivity contribution in [1.82, 2.24) is 14.8 Å². The zero-order valence-electron chi connectivity index (χ0n) is 18.2. The Hall–Kier alpha value is -2.78. The fourth-order valence-electron chi connectivity index (χ4n) is 2.99. The number of nitrogens with zero attached hydrogens (tertiary/aromatic N) is 3. The second kappa shape index (κ2) is 11.2. The number of carbonyl (C=O) groups excluding carboxylic acids is 1. The number of amides is 1. The second-order valence-corrected chi connectivity index (χ2v) is 8.78. The van der Waals surface area contributed by atoms with Crippen LogP contribution in [0.15, 0.2) is 64.7 Å². The van der Waals surface area contributed by atoms with Crippen molar-refractivity contribution in [3.05, 3.63) is 71.0 Å². The van der Waals surface area contributed by atoms with E-state index >= 15 is 0 Å². The third-order valence-electron chi connectivity index (χ3n) is 4.55. The fraction of sp³-hybridized carbons (Fsp3) is 0.261. The van der Waals surface area contributed by atoms with E-state index in [4.69, 9.17) is 9.47 Å². The highest BCUT2D eigenvalue weighted by Gasteiger charge is 2.20. The van der Waals surface area contributed by atoms with Gasteiger partial charge in [0.1, 0.15) is 11.5 Å². The van der Waals surface area contributed by atoms with E-state index in [-0.39, 0.29) is 17.8 Å². The van der Waals surface area contributed by atoms with Crippen LogP contribution >= 0.6 is 27.7 Å². The summed E-state index contributed by atoms with van der Waals surface area (Å²) in [7, 11) is 1.61. The lowest BCUT2D eigenvalue weighted by molar-refractivity contribution is -0.113. The maximum Gasteiger partial charge on any atom is 0.234 e. The summed E-state index contributed by atoms with van der Waals surface area (Å²) in [4.78, 5) is 12.4. The van der Waals surface area contributed by atoms with Crippen molar-refractivity contribution in [3.63, 3.8) is 0 Å². The quantitative estimate of drug-likeness (QED) is 0.286. The van der Waals surface area contributed by atoms with Crippen LogP contribution in [0.2, 0.25) is 0 Å². The first-order valence-electron chi connectivity index (χ1n) is 9.94. The Kier molecular flexibility index (Phi) is 8.35. The van der Waals surface area contributed by atoms with Gasteiger partial charge in [-0.25, -0.2) is 0 Å². The van der Waals surface area contributed by atoms with E-state index in [1.165, 1.54) is 11.8 Å². The molecule has 2 aromatic carbocycles. The molecule has 1 N–H and O–H groups in total. The minimum atomic E-state index is -0.358. The van der Waals surface area contributed by atoms with Gasteiger partial charge in [0.25, 0.3) is 0 Å². The topological polar surface area (TPSA) is 78.3 Å². The molecule has 7 nitrogen and oxygen atoms in total. The molecule has 3 rings (SSSR count). The maximum atomic E-state index is 12.4. The molecule has 0 saturated carbocycles. The molecule has 32 heavy (non-hydrogen) atoms. The minimum Gasteiger partial charge on any atom is -0.497 e. The summed E-state index contributed by atoms with van der Waals surface area (Å²) in [5, 5.41) is 12.1. The van der Waals surface area contributed by atoms with Crippen molar-refractivity contribution in [3.8, 4) is 11.5 Å². The molecule has 0 aliphatic heterocycles. The normalized spacial score (nSPS) is 11.6. The molecular weight excluding hydrogens is 492 g/mol. The molecule has 1 aromatic heterocycles. The van der Waals surface area contributed by atoms with Crippen molar-refractivity contribution in [2.24, 2.45) is 0 Å². The van der Waals surface area contributed by atoms with Gasteiger partial charge in [-0.1, -0.05) is 39.8 Å². The van der Waals surface area contributed by atoms with Crippen molar-refractivity contribution in [1.29, 1.82) is 0 Å². The maximum absolute atomic E-state index is 12.4. The van der Waals surface area contributed by atoms with Crippen molar-refractivity contribution in [2.75, 3.05) is 18.2 Å². The standard InChI is InChI=1S/C23H25BrN4O3S/c1-5-11-28-22(16(3)31-19-8-6-7-18(13-19)30-4)26-27-23(28)32-14-21(29)25-17-9-10-20(24)15(2)12-17/h5-10,12-13,16H,1,11,14H2,2-4H3,(H,25,29). The highest BCUT2D eigenvalue weighted by atomic mass is 79.9. The Labute approximate surface area is 200 Å². The van der Waals surface area contributed by atoms with Crippen LogP contribution < -0.4 is 14.8 Å². The van der Waals surface area contributed by atoms with Crippen LogP contribution in [-0.2, 0) is 11.3 Å². The van der Waals surface area contributed by atoms with Crippen LogP contribution in [0.25, 0.3) is 0 Å². The monoisotopic (exact) mass is 516 g/mol. The SMILES string of the molecule is C=CCn1c(SCC(=O)Nc2ccc(Br)c(C)c2)nnc1C(C)Oc1cccc(OC)c1. The zero-order chi connectivity index (χ0) is 23.1. The average molecular weight is 517 g/mol. The van der Waals surface area contributed by atoms with Crippen LogP contribution in [-0.4, -0.2) is 33.5 Å². The summed E-state index contributed by atoms with van der Waals surface area (Å²) in [5.41, 5.74) is 1.81. The number of benzene rings is 2. The lowest BCUT2D eigenvalue weighted by Gasteiger charge is -2.16. The molecule has 0 fully saturated rings. The Morgan fingerprint density at radius 3 is 2.78 bits per heavy atom. The van der Waals surface area contributed by atoms with Crippen LogP contribution in [0, 0.1) is 6.92 Å². The van der Waals surface area contributed by atoms with Crippen LogP contribution in [0.1, 0.15) is 24.4 Å². The van der Waals surface area contributed by atoms with Crippen molar-refractivity contribution < 1.29 is 14.3 Å². The smallest absolute Gasteiger partial charge is 0.234 e. The number of hydrogen-bond donors (Lipinski definition) is 1. The van der Waals surface area contributed by atoms with Gasteiger partial charge in [-0.05, 0) is 49.7 Å². The number of ether oxygens (including phenoxy) is 2. The molecule has 1 unspecified atom stereocenters. The molecule has 0 saturated heterocycles. The molecule has 1 amide bonds. The van der Waals surface area contributed by atoms with Crippen molar-refractivity contribution in [2.45, 2.75) is 31.7 Å². The first-order valence-corrected chi connectivity index (χ1v) is 11.7. The first-order chi connectivity index (χ1) is 15.4. The lowest BCUT2D eigenvalue weighted by Crippen LogP contribution is -2.15. The Balaban J connectivity index is 1.67. The molecule has 0 aliphatic carbocycles. The van der Waals surface area contributed by atoms with Gasteiger partial charge in [0.05, 0.1) is 12.9 Å². The number of nitrogens with one attached hydrogen (secondary N) is 1. The molecular formula is C23H25BrN4O3S. The molecule has 0 spiro atoms. The largest absolute Gasteiger partial charge is 0.497 e. The van der Waals surface area contributed by atoms with E-state index in [2.05, 4.69) is 38.0 Å². The van der Waals surface area contributed by atoms with Gasteiger partial charge in [0, 0.05) is 22.8 Å². The van der Waals surface area contributed by atoms with Crippen LogP contribution in [0.4, 0.5) is 5.69 Å². The lowest BCUT2D eigenvalue weighted by atomic mass is 10.2. The Morgan fingerprint density at radius 2 is 2.06 bits per heavy atom. The average Bonchev–Trinajstić information content (AvgIpc) is 3.18. The zero-order valence-corrected chi connectivity index (χ0v) is 20.6. The molecule has 3 aromatic rings. The number of carbonyl (C=O) groups is 1. The second-order valence-electron chi connectivity index (χ2n) is 6.98. The van der Waals surface area contributed by atoms with E-state index in [9.17, 15) is 4.79 Å². The van der Waals surface area contributed by atoms with E-state index in [0.29, 0.717) is 29.0 Å². The Bertz CT molecular complexity index is 1100. The molecule has 1 heterocycles. The number of aryl methyl sites for hydroxylation is 1. The Morgan fingerprint density at radius 1 is 1.28 bits per heavy atom. The van der Waals surface area contributed by atoms with E-state index < -0.39 is 0 Å². The summed E-state index contributed by atoms with van der Waals surface area (Å²) < 4.78 is 14.2. The van der Waals surface area contributed by atoms with E-state index in [1.807, 2.05) is 60.9 Å². The van der Waals surface area contributed by atoms with Gasteiger partial charge >= 0.3 is 0 Å². The predicted octanol–water partition coefficient (Wildman–Crippen LogP) is 5.41. The van der Waals surface area contributed by atoms with E-state index in [1.54, 1.807) is 13.2 Å². The number of thioether (sulfide) groups is 1. The van der Waals surface area contributed by atoms with Gasteiger partial charge in [-0.15, -0.1) is 16.8 Å². The third kappa shape index (κ3) is 6.14. The molecule has 0 radical (unpaired) electrons. The van der Waals surface area contributed by atoms with Gasteiger partial charge < -0.3 is 14.8 Å². The van der Waals surface area contributed by atoms with E-state index in [0.717, 1.165) is 15.7 Å². The summed E-state index contributed by atoms with van der Waals surface area (Å²) in [6.45, 7) is 8.21. The van der Waals surface area contributed by atoms with Crippen LogP contribution in [0.3, 0.4) is 0 Å². The summed E-state index contributed by atoms with van der Waals surface area (Å²) in [6, 6.07) is 13.1. The molecule has 1 atom stereocenters. The van der Waals surface area contributed by atoms with Crippen LogP contribution in [0.5, 0.6) is 11.5 Å². The summed E-state index contributed by atoms with van der Waals surface area (Å²) >= 11 is 4.78. The molecule has 0 bridgehead atoms. The molecule has 0 aliphatic rings. The third-order valence-corrected chi connectivity index (χ3v) is 6.41. The number of anilines is 1. The first kappa shape index (κ1) is 23.9. The number of rotatable bonds is 10. The van der Waals surface area contributed by atoms with Gasteiger partial charge in [-0.2, -0.15) is 0 Å². The number of methoxy groups -OCH3 is 1. The molecule has 168 valence electrons.